The van der Waals surface area contributed by atoms with Crippen molar-refractivity contribution in [3.8, 4) is 22.5 Å². The Morgan fingerprint density at radius 3 is 2.79 bits per heavy atom. The van der Waals surface area contributed by atoms with E-state index in [-0.39, 0.29) is 11.9 Å². The van der Waals surface area contributed by atoms with E-state index in [1.54, 1.807) is 19.4 Å². The minimum Gasteiger partial charge on any atom is -0.380 e. The molecule has 5 rings (SSSR count). The van der Waals surface area contributed by atoms with E-state index in [0.29, 0.717) is 22.5 Å². The third-order valence-electron chi connectivity index (χ3n) is 6.56. The molecule has 7 heteroatoms. The Bertz CT molecular complexity index is 1280. The van der Waals surface area contributed by atoms with Gasteiger partial charge in [-0.05, 0) is 61.6 Å². The molecule has 0 bridgehead atoms. The summed E-state index contributed by atoms with van der Waals surface area (Å²) in [5.74, 6) is 0.667. The summed E-state index contributed by atoms with van der Waals surface area (Å²) in [6, 6.07) is 9.52. The molecule has 0 N–H and O–H groups in total. The summed E-state index contributed by atoms with van der Waals surface area (Å²) in [6.45, 7) is 5.83. The maximum atomic E-state index is 15.0. The van der Waals surface area contributed by atoms with Gasteiger partial charge in [0.05, 0.1) is 23.4 Å². The Morgan fingerprint density at radius 2 is 2.06 bits per heavy atom. The lowest BCUT2D eigenvalue weighted by molar-refractivity contribution is 0.0891. The van der Waals surface area contributed by atoms with Crippen LogP contribution >= 0.6 is 0 Å². The third kappa shape index (κ3) is 4.28. The van der Waals surface area contributed by atoms with Crippen LogP contribution in [0.5, 0.6) is 0 Å². The first-order valence-corrected chi connectivity index (χ1v) is 11.9. The van der Waals surface area contributed by atoms with Gasteiger partial charge in [0.15, 0.2) is 5.58 Å². The highest BCUT2D eigenvalue weighted by Gasteiger charge is 2.21. The molecule has 34 heavy (non-hydrogen) atoms. The summed E-state index contributed by atoms with van der Waals surface area (Å²) >= 11 is 0. The summed E-state index contributed by atoms with van der Waals surface area (Å²) < 4.78 is 26.1. The minimum atomic E-state index is -0.254. The standard InChI is InChI=1S/C27H29FN4O2/c1-4-6-18-11-17(2)26(22(28)12-18)23-13-21-24(15-29-23)34-31-27(21)19-8-9-25(30-14-19)32-10-5-7-20(16-32)33-3/h8-9,11-15,20H,4-7,10,16H2,1-3H3. The molecule has 0 radical (unpaired) electrons. The van der Waals surface area contributed by atoms with Gasteiger partial charge < -0.3 is 14.2 Å². The van der Waals surface area contributed by atoms with E-state index in [1.165, 1.54) is 0 Å². The van der Waals surface area contributed by atoms with Gasteiger partial charge in [-0.25, -0.2) is 9.37 Å². The van der Waals surface area contributed by atoms with Crippen LogP contribution in [0.2, 0.25) is 0 Å². The number of nitrogens with zero attached hydrogens (tertiary/aromatic N) is 4. The number of benzene rings is 1. The van der Waals surface area contributed by atoms with Crippen LogP contribution in [-0.4, -0.2) is 41.4 Å². The lowest BCUT2D eigenvalue weighted by Gasteiger charge is -2.32. The molecule has 0 aliphatic carbocycles. The number of aromatic nitrogens is 3. The van der Waals surface area contributed by atoms with E-state index in [1.807, 2.05) is 37.4 Å². The van der Waals surface area contributed by atoms with Gasteiger partial charge in [0.25, 0.3) is 0 Å². The van der Waals surface area contributed by atoms with Gasteiger partial charge in [-0.2, -0.15) is 0 Å². The first-order chi connectivity index (χ1) is 16.6. The summed E-state index contributed by atoms with van der Waals surface area (Å²) in [4.78, 5) is 11.4. The second kappa shape index (κ2) is 9.50. The Labute approximate surface area is 198 Å². The second-order valence-electron chi connectivity index (χ2n) is 8.97. The van der Waals surface area contributed by atoms with Crippen LogP contribution in [-0.2, 0) is 11.2 Å². The Morgan fingerprint density at radius 1 is 1.18 bits per heavy atom. The summed E-state index contributed by atoms with van der Waals surface area (Å²) in [6.07, 6.45) is 7.65. The molecule has 4 heterocycles. The number of aryl methyl sites for hydroxylation is 2. The Kier molecular flexibility index (Phi) is 6.28. The zero-order valence-corrected chi connectivity index (χ0v) is 19.8. The first kappa shape index (κ1) is 22.5. The molecule has 3 aromatic heterocycles. The predicted octanol–water partition coefficient (Wildman–Crippen LogP) is 5.97. The van der Waals surface area contributed by atoms with Crippen molar-refractivity contribution in [3.63, 3.8) is 0 Å². The fraction of sp³-hybridized carbons (Fsp3) is 0.370. The first-order valence-electron chi connectivity index (χ1n) is 11.9. The number of piperidine rings is 1. The fourth-order valence-corrected chi connectivity index (χ4v) is 4.81. The molecule has 0 amide bonds. The van der Waals surface area contributed by atoms with Gasteiger partial charge in [-0.15, -0.1) is 0 Å². The smallest absolute Gasteiger partial charge is 0.185 e. The highest BCUT2D eigenvalue weighted by Crippen LogP contribution is 2.33. The van der Waals surface area contributed by atoms with Crippen LogP contribution in [0.15, 0.2) is 47.2 Å². The molecule has 1 unspecified atom stereocenters. The van der Waals surface area contributed by atoms with Crippen molar-refractivity contribution in [1.82, 2.24) is 15.1 Å². The molecule has 1 aliphatic heterocycles. The molecule has 1 aromatic carbocycles. The van der Waals surface area contributed by atoms with Crippen molar-refractivity contribution in [2.45, 2.75) is 45.6 Å². The van der Waals surface area contributed by atoms with Crippen molar-refractivity contribution in [2.75, 3.05) is 25.1 Å². The van der Waals surface area contributed by atoms with Gasteiger partial charge >= 0.3 is 0 Å². The third-order valence-corrected chi connectivity index (χ3v) is 6.56. The molecule has 176 valence electrons. The molecule has 1 atom stereocenters. The molecule has 1 saturated heterocycles. The Hall–Kier alpha value is -3.32. The van der Waals surface area contributed by atoms with Crippen LogP contribution in [0.4, 0.5) is 10.2 Å². The lowest BCUT2D eigenvalue weighted by Crippen LogP contribution is -2.39. The number of hydrogen-bond donors (Lipinski definition) is 0. The van der Waals surface area contributed by atoms with E-state index >= 15 is 4.39 Å². The van der Waals surface area contributed by atoms with Crippen LogP contribution < -0.4 is 4.90 Å². The largest absolute Gasteiger partial charge is 0.380 e. The number of halogens is 1. The summed E-state index contributed by atoms with van der Waals surface area (Å²) in [5, 5.41) is 5.05. The molecule has 6 nitrogen and oxygen atoms in total. The van der Waals surface area contributed by atoms with E-state index in [9.17, 15) is 0 Å². The number of ether oxygens (including phenoxy) is 1. The monoisotopic (exact) mass is 460 g/mol. The van der Waals surface area contributed by atoms with Gasteiger partial charge in [-0.3, -0.25) is 4.98 Å². The van der Waals surface area contributed by atoms with Crippen molar-refractivity contribution < 1.29 is 13.7 Å². The molecule has 1 fully saturated rings. The molecule has 0 saturated carbocycles. The molecule has 1 aliphatic rings. The maximum absolute atomic E-state index is 15.0. The molecule has 0 spiro atoms. The van der Waals surface area contributed by atoms with E-state index in [2.05, 4.69) is 26.9 Å². The molecule has 4 aromatic rings. The van der Waals surface area contributed by atoms with Crippen molar-refractivity contribution in [3.05, 3.63) is 59.7 Å². The van der Waals surface area contributed by atoms with Crippen LogP contribution in [0.25, 0.3) is 33.5 Å². The molecular weight excluding hydrogens is 431 g/mol. The zero-order valence-electron chi connectivity index (χ0n) is 19.8. The van der Waals surface area contributed by atoms with Gasteiger partial charge in [0, 0.05) is 37.5 Å². The van der Waals surface area contributed by atoms with E-state index in [0.717, 1.165) is 66.7 Å². The van der Waals surface area contributed by atoms with Crippen LogP contribution in [0, 0.1) is 12.7 Å². The maximum Gasteiger partial charge on any atom is 0.185 e. The van der Waals surface area contributed by atoms with Crippen molar-refractivity contribution in [1.29, 1.82) is 0 Å². The van der Waals surface area contributed by atoms with Gasteiger partial charge in [-0.1, -0.05) is 24.6 Å². The van der Waals surface area contributed by atoms with Crippen molar-refractivity contribution in [2.24, 2.45) is 0 Å². The Balaban J connectivity index is 1.47. The summed E-state index contributed by atoms with van der Waals surface area (Å²) in [5.41, 5.74) is 5.03. The van der Waals surface area contributed by atoms with Crippen LogP contribution in [0.1, 0.15) is 37.3 Å². The second-order valence-corrected chi connectivity index (χ2v) is 8.97. The normalized spacial score (nSPS) is 16.4. The average Bonchev–Trinajstić information content (AvgIpc) is 3.27. The highest BCUT2D eigenvalue weighted by atomic mass is 19.1. The SMILES string of the molecule is CCCc1cc(C)c(-c2cc3c(-c4ccc(N5CCCC(OC)C5)nc4)noc3cn2)c(F)c1. The zero-order chi connectivity index (χ0) is 23.7. The van der Waals surface area contributed by atoms with Gasteiger partial charge in [0.1, 0.15) is 17.3 Å². The quantitative estimate of drug-likeness (QED) is 0.353. The number of hydrogen-bond acceptors (Lipinski definition) is 6. The number of methoxy groups -OCH3 is 1. The van der Waals surface area contributed by atoms with Crippen LogP contribution in [0.3, 0.4) is 0 Å². The number of rotatable bonds is 6. The van der Waals surface area contributed by atoms with Gasteiger partial charge in [0.2, 0.25) is 0 Å². The number of fused-ring (bicyclic) bond motifs is 1. The average molecular weight is 461 g/mol. The predicted molar refractivity (Wildman–Crippen MR) is 131 cm³/mol. The summed E-state index contributed by atoms with van der Waals surface area (Å²) in [7, 11) is 1.76. The highest BCUT2D eigenvalue weighted by molar-refractivity contribution is 5.93. The van der Waals surface area contributed by atoms with Crippen molar-refractivity contribution >= 4 is 16.8 Å². The lowest BCUT2D eigenvalue weighted by atomic mass is 9.98. The molecular formula is C27H29FN4O2. The number of pyridine rings is 2. The minimum absolute atomic E-state index is 0.237. The number of anilines is 1. The van der Waals surface area contributed by atoms with E-state index in [4.69, 9.17) is 9.26 Å². The fourth-order valence-electron chi connectivity index (χ4n) is 4.81. The van der Waals surface area contributed by atoms with E-state index < -0.39 is 0 Å². The topological polar surface area (TPSA) is 64.3 Å².